The van der Waals surface area contributed by atoms with Gasteiger partial charge in [0, 0.05) is 25.0 Å². The number of carbonyl (C=O) groups excluding carboxylic acids is 1. The normalized spacial score (nSPS) is 10.3. The Morgan fingerprint density at radius 1 is 1.10 bits per heavy atom. The quantitative estimate of drug-likeness (QED) is 0.801. The summed E-state index contributed by atoms with van der Waals surface area (Å²) in [6.07, 6.45) is 4.82. The average molecular weight is 278 g/mol. The summed E-state index contributed by atoms with van der Waals surface area (Å²) in [5.74, 6) is -0.201. The molecule has 1 amide bonds. The van der Waals surface area contributed by atoms with Crippen molar-refractivity contribution in [3.8, 4) is 11.3 Å². The van der Waals surface area contributed by atoms with Crippen LogP contribution < -0.4 is 5.32 Å². The second kappa shape index (κ2) is 5.58. The molecule has 2 heterocycles. The fourth-order valence-corrected chi connectivity index (χ4v) is 2.16. The number of pyridine rings is 1. The summed E-state index contributed by atoms with van der Waals surface area (Å²) in [5, 5.41) is 7.11. The summed E-state index contributed by atoms with van der Waals surface area (Å²) in [4.78, 5) is 16.2. The largest absolute Gasteiger partial charge is 0.319 e. The van der Waals surface area contributed by atoms with E-state index in [4.69, 9.17) is 0 Å². The van der Waals surface area contributed by atoms with Gasteiger partial charge in [0.15, 0.2) is 0 Å². The zero-order chi connectivity index (χ0) is 14.7. The Labute approximate surface area is 122 Å². The molecule has 0 spiro atoms. The fourth-order valence-electron chi connectivity index (χ4n) is 2.16. The zero-order valence-corrected chi connectivity index (χ0v) is 11.5. The van der Waals surface area contributed by atoms with Crippen LogP contribution in [-0.4, -0.2) is 20.7 Å². The average Bonchev–Trinajstić information content (AvgIpc) is 2.89. The van der Waals surface area contributed by atoms with E-state index in [1.807, 2.05) is 37.4 Å². The highest BCUT2D eigenvalue weighted by atomic mass is 16.1. The molecule has 1 aromatic carbocycles. The van der Waals surface area contributed by atoms with Gasteiger partial charge in [0.1, 0.15) is 0 Å². The van der Waals surface area contributed by atoms with E-state index in [0.717, 1.165) is 11.3 Å². The van der Waals surface area contributed by atoms with Crippen LogP contribution in [-0.2, 0) is 7.05 Å². The molecule has 21 heavy (non-hydrogen) atoms. The van der Waals surface area contributed by atoms with Gasteiger partial charge in [-0.15, -0.1) is 0 Å². The maximum Gasteiger partial charge on any atom is 0.257 e. The van der Waals surface area contributed by atoms with Crippen molar-refractivity contribution in [2.45, 2.75) is 0 Å². The van der Waals surface area contributed by atoms with Crippen LogP contribution in [0.25, 0.3) is 11.3 Å². The predicted molar refractivity (Wildman–Crippen MR) is 80.8 cm³/mol. The molecule has 0 unspecified atom stereocenters. The van der Waals surface area contributed by atoms with E-state index in [9.17, 15) is 4.79 Å². The Morgan fingerprint density at radius 3 is 2.62 bits per heavy atom. The monoisotopic (exact) mass is 278 g/mol. The van der Waals surface area contributed by atoms with Crippen molar-refractivity contribution >= 4 is 11.6 Å². The summed E-state index contributed by atoms with van der Waals surface area (Å²) in [6.45, 7) is 0. The third kappa shape index (κ3) is 2.67. The van der Waals surface area contributed by atoms with Crippen LogP contribution in [0.1, 0.15) is 10.4 Å². The molecule has 0 atom stereocenters. The Bertz CT molecular complexity index is 750. The molecular weight excluding hydrogens is 264 g/mol. The van der Waals surface area contributed by atoms with E-state index in [1.54, 1.807) is 29.2 Å². The second-order valence-electron chi connectivity index (χ2n) is 4.59. The lowest BCUT2D eigenvalue weighted by Gasteiger charge is -2.08. The van der Waals surface area contributed by atoms with Gasteiger partial charge in [0.05, 0.1) is 23.1 Å². The van der Waals surface area contributed by atoms with E-state index in [2.05, 4.69) is 15.4 Å². The molecule has 5 heteroatoms. The van der Waals surface area contributed by atoms with E-state index in [0.29, 0.717) is 11.3 Å². The topological polar surface area (TPSA) is 59.8 Å². The van der Waals surface area contributed by atoms with Crippen molar-refractivity contribution in [1.29, 1.82) is 0 Å². The number of anilines is 1. The maximum atomic E-state index is 12.2. The number of aromatic nitrogens is 3. The molecule has 0 aliphatic carbocycles. The highest BCUT2D eigenvalue weighted by Crippen LogP contribution is 2.27. The number of benzene rings is 1. The van der Waals surface area contributed by atoms with Crippen molar-refractivity contribution in [3.63, 3.8) is 0 Å². The summed E-state index contributed by atoms with van der Waals surface area (Å²) in [7, 11) is 1.85. The second-order valence-corrected chi connectivity index (χ2v) is 4.59. The van der Waals surface area contributed by atoms with Gasteiger partial charge in [0.2, 0.25) is 0 Å². The standard InChI is InChI=1S/C16H14N4O/c1-20-15(12-6-3-2-4-7-12)14(11-18-20)19-16(21)13-8-5-9-17-10-13/h2-11H,1H3,(H,19,21). The molecule has 0 bridgehead atoms. The molecular formula is C16H14N4O. The van der Waals surface area contributed by atoms with E-state index >= 15 is 0 Å². The van der Waals surface area contributed by atoms with Crippen LogP contribution in [0.5, 0.6) is 0 Å². The van der Waals surface area contributed by atoms with Gasteiger partial charge >= 0.3 is 0 Å². The van der Waals surface area contributed by atoms with Gasteiger partial charge in [-0.05, 0) is 12.1 Å². The van der Waals surface area contributed by atoms with Crippen LogP contribution in [0.3, 0.4) is 0 Å². The Kier molecular flexibility index (Phi) is 3.47. The third-order valence-electron chi connectivity index (χ3n) is 3.16. The lowest BCUT2D eigenvalue weighted by molar-refractivity contribution is 0.102. The number of hydrogen-bond donors (Lipinski definition) is 1. The van der Waals surface area contributed by atoms with Gasteiger partial charge in [-0.3, -0.25) is 14.5 Å². The summed E-state index contributed by atoms with van der Waals surface area (Å²) < 4.78 is 1.74. The molecule has 2 aromatic heterocycles. The van der Waals surface area contributed by atoms with Crippen molar-refractivity contribution in [2.24, 2.45) is 7.05 Å². The van der Waals surface area contributed by atoms with Gasteiger partial charge < -0.3 is 5.32 Å². The van der Waals surface area contributed by atoms with Crippen LogP contribution in [0, 0.1) is 0 Å². The smallest absolute Gasteiger partial charge is 0.257 e. The molecule has 5 nitrogen and oxygen atoms in total. The van der Waals surface area contributed by atoms with Crippen LogP contribution in [0.15, 0.2) is 61.1 Å². The molecule has 0 radical (unpaired) electrons. The molecule has 0 fully saturated rings. The first kappa shape index (κ1) is 13.1. The molecule has 0 saturated carbocycles. The summed E-state index contributed by atoms with van der Waals surface area (Å²) in [6, 6.07) is 13.3. The van der Waals surface area contributed by atoms with Crippen LogP contribution in [0.2, 0.25) is 0 Å². The molecule has 0 saturated heterocycles. The first-order valence-electron chi connectivity index (χ1n) is 6.54. The number of hydrogen-bond acceptors (Lipinski definition) is 3. The van der Waals surface area contributed by atoms with Gasteiger partial charge in [0.25, 0.3) is 5.91 Å². The minimum atomic E-state index is -0.201. The lowest BCUT2D eigenvalue weighted by atomic mass is 10.1. The van der Waals surface area contributed by atoms with Crippen LogP contribution >= 0.6 is 0 Å². The van der Waals surface area contributed by atoms with Crippen molar-refractivity contribution in [3.05, 3.63) is 66.6 Å². The molecule has 0 aliphatic rings. The number of nitrogens with one attached hydrogen (secondary N) is 1. The lowest BCUT2D eigenvalue weighted by Crippen LogP contribution is -2.12. The zero-order valence-electron chi connectivity index (χ0n) is 11.5. The Morgan fingerprint density at radius 2 is 1.90 bits per heavy atom. The third-order valence-corrected chi connectivity index (χ3v) is 3.16. The van der Waals surface area contributed by atoms with E-state index < -0.39 is 0 Å². The highest BCUT2D eigenvalue weighted by molar-refractivity contribution is 6.05. The SMILES string of the molecule is Cn1ncc(NC(=O)c2cccnc2)c1-c1ccccc1. The van der Waals surface area contributed by atoms with Crippen molar-refractivity contribution in [1.82, 2.24) is 14.8 Å². The molecule has 1 N–H and O–H groups in total. The minimum Gasteiger partial charge on any atom is -0.319 e. The molecule has 104 valence electrons. The first-order chi connectivity index (χ1) is 10.3. The van der Waals surface area contributed by atoms with Crippen LogP contribution in [0.4, 0.5) is 5.69 Å². The summed E-state index contributed by atoms with van der Waals surface area (Å²) in [5.41, 5.74) is 3.06. The van der Waals surface area contributed by atoms with Crippen molar-refractivity contribution < 1.29 is 4.79 Å². The molecule has 3 rings (SSSR count). The van der Waals surface area contributed by atoms with Crippen molar-refractivity contribution in [2.75, 3.05) is 5.32 Å². The summed E-state index contributed by atoms with van der Waals surface area (Å²) >= 11 is 0. The Balaban J connectivity index is 1.93. The number of aryl methyl sites for hydroxylation is 1. The number of rotatable bonds is 3. The number of nitrogens with zero attached hydrogens (tertiary/aromatic N) is 3. The number of amides is 1. The fraction of sp³-hybridized carbons (Fsp3) is 0.0625. The molecule has 0 aliphatic heterocycles. The minimum absolute atomic E-state index is 0.201. The van der Waals surface area contributed by atoms with E-state index in [1.165, 1.54) is 6.20 Å². The first-order valence-corrected chi connectivity index (χ1v) is 6.54. The maximum absolute atomic E-state index is 12.2. The molecule has 3 aromatic rings. The predicted octanol–water partition coefficient (Wildman–Crippen LogP) is 2.73. The van der Waals surface area contributed by atoms with Gasteiger partial charge in [-0.25, -0.2) is 0 Å². The van der Waals surface area contributed by atoms with Gasteiger partial charge in [-0.2, -0.15) is 5.10 Å². The highest BCUT2D eigenvalue weighted by Gasteiger charge is 2.14. The van der Waals surface area contributed by atoms with E-state index in [-0.39, 0.29) is 5.91 Å². The van der Waals surface area contributed by atoms with Gasteiger partial charge in [-0.1, -0.05) is 30.3 Å². The number of carbonyl (C=O) groups is 1. The Hall–Kier alpha value is -2.95.